The third-order valence-electron chi connectivity index (χ3n) is 4.36. The van der Waals surface area contributed by atoms with Gasteiger partial charge in [0, 0.05) is 18.1 Å². The van der Waals surface area contributed by atoms with Crippen LogP contribution in [0, 0.1) is 16.7 Å². The first-order chi connectivity index (χ1) is 12.8. The maximum absolute atomic E-state index is 12.6. The normalized spacial score (nSPS) is 16.1. The molecule has 0 amide bonds. The Morgan fingerprint density at radius 1 is 1.19 bits per heavy atom. The van der Waals surface area contributed by atoms with E-state index >= 15 is 0 Å². The van der Waals surface area contributed by atoms with Gasteiger partial charge in [0.2, 0.25) is 10.0 Å². The van der Waals surface area contributed by atoms with Crippen molar-refractivity contribution in [2.45, 2.75) is 4.90 Å². The predicted molar refractivity (Wildman–Crippen MR) is 96.9 cm³/mol. The van der Waals surface area contributed by atoms with Gasteiger partial charge in [0.15, 0.2) is 0 Å². The molecule has 1 fully saturated rings. The second kappa shape index (κ2) is 7.19. The molecule has 3 rings (SSSR count). The van der Waals surface area contributed by atoms with E-state index in [0.29, 0.717) is 16.3 Å². The average Bonchev–Trinajstić information content (AvgIpc) is 2.61. The number of carboxylic acids is 1. The van der Waals surface area contributed by atoms with Gasteiger partial charge in [0.05, 0.1) is 16.5 Å². The lowest BCUT2D eigenvalue weighted by Gasteiger charge is -2.45. The molecule has 1 aliphatic rings. The number of ether oxygens (including phenoxy) is 1. The number of hydrogen-bond donors (Lipinski definition) is 1. The Bertz CT molecular complexity index is 992. The molecule has 0 aliphatic carbocycles. The molecule has 2 aromatic rings. The highest BCUT2D eigenvalue weighted by Gasteiger charge is 2.54. The zero-order chi connectivity index (χ0) is 19.7. The number of nitrogens with zero attached hydrogens (tertiary/aromatic N) is 2. The van der Waals surface area contributed by atoms with Crippen molar-refractivity contribution >= 4 is 27.6 Å². The molecule has 1 N–H and O–H groups in total. The summed E-state index contributed by atoms with van der Waals surface area (Å²) in [5.41, 5.74) is -0.868. The van der Waals surface area contributed by atoms with E-state index in [1.54, 1.807) is 24.3 Å². The summed E-state index contributed by atoms with van der Waals surface area (Å²) in [4.78, 5) is 11.8. The molecule has 0 saturated carbocycles. The molecule has 27 heavy (non-hydrogen) atoms. The summed E-state index contributed by atoms with van der Waals surface area (Å²) in [7, 11) is -3.80. The summed E-state index contributed by atoms with van der Waals surface area (Å²) in [6.07, 6.45) is 0. The van der Waals surface area contributed by atoms with Gasteiger partial charge >= 0.3 is 5.97 Å². The van der Waals surface area contributed by atoms with Crippen molar-refractivity contribution in [3.8, 4) is 11.8 Å². The highest BCUT2D eigenvalue weighted by Crippen LogP contribution is 2.36. The van der Waals surface area contributed by atoms with E-state index in [0.717, 1.165) is 4.31 Å². The Morgan fingerprint density at radius 3 is 2.30 bits per heavy atom. The van der Waals surface area contributed by atoms with Gasteiger partial charge in [-0.2, -0.15) is 9.57 Å². The van der Waals surface area contributed by atoms with Gasteiger partial charge < -0.3 is 9.84 Å². The summed E-state index contributed by atoms with van der Waals surface area (Å²) < 4.78 is 31.8. The predicted octanol–water partition coefficient (Wildman–Crippen LogP) is 2.37. The van der Waals surface area contributed by atoms with Gasteiger partial charge in [-0.25, -0.2) is 8.42 Å². The maximum Gasteiger partial charge on any atom is 0.315 e. The maximum atomic E-state index is 12.6. The highest BCUT2D eigenvalue weighted by atomic mass is 35.5. The van der Waals surface area contributed by atoms with E-state index in [2.05, 4.69) is 0 Å². The number of hydrogen-bond acceptors (Lipinski definition) is 5. The number of aliphatic carboxylic acids is 1. The average molecular weight is 407 g/mol. The molecule has 1 heterocycles. The molecular weight excluding hydrogens is 392 g/mol. The number of nitriles is 1. The molecule has 0 unspecified atom stereocenters. The fourth-order valence-corrected chi connectivity index (χ4v) is 4.43. The third-order valence-corrected chi connectivity index (χ3v) is 6.42. The summed E-state index contributed by atoms with van der Waals surface area (Å²) in [6.45, 7) is -0.561. The van der Waals surface area contributed by atoms with E-state index < -0.39 is 21.4 Å². The molecule has 1 saturated heterocycles. The van der Waals surface area contributed by atoms with E-state index in [1.165, 1.54) is 24.3 Å². The first-order valence-corrected chi connectivity index (χ1v) is 9.71. The van der Waals surface area contributed by atoms with Crippen molar-refractivity contribution in [2.75, 3.05) is 19.7 Å². The summed E-state index contributed by atoms with van der Waals surface area (Å²) in [6, 6.07) is 13.9. The van der Waals surface area contributed by atoms with Gasteiger partial charge in [-0.3, -0.25) is 4.79 Å². The second-order valence-electron chi connectivity index (χ2n) is 6.24. The minimum atomic E-state index is -3.80. The number of rotatable bonds is 6. The molecule has 0 spiro atoms. The van der Waals surface area contributed by atoms with Crippen LogP contribution >= 0.6 is 11.6 Å². The number of benzene rings is 2. The number of carbonyl (C=O) groups is 1. The van der Waals surface area contributed by atoms with Gasteiger partial charge in [0.25, 0.3) is 0 Å². The fourth-order valence-electron chi connectivity index (χ4n) is 2.69. The molecule has 0 bridgehead atoms. The van der Waals surface area contributed by atoms with Gasteiger partial charge in [-0.1, -0.05) is 11.6 Å². The van der Waals surface area contributed by atoms with Crippen LogP contribution in [-0.2, 0) is 14.8 Å². The molecule has 0 atom stereocenters. The monoisotopic (exact) mass is 406 g/mol. The highest BCUT2D eigenvalue weighted by molar-refractivity contribution is 7.89. The Kier molecular flexibility index (Phi) is 5.11. The minimum Gasteiger partial charge on any atom is -0.492 e. The van der Waals surface area contributed by atoms with Crippen LogP contribution in [0.15, 0.2) is 53.4 Å². The van der Waals surface area contributed by atoms with Crippen LogP contribution in [0.1, 0.15) is 5.56 Å². The van der Waals surface area contributed by atoms with Crippen molar-refractivity contribution < 1.29 is 23.1 Å². The van der Waals surface area contributed by atoms with Crippen LogP contribution in [0.25, 0.3) is 0 Å². The molecule has 2 aromatic carbocycles. The Labute approximate surface area is 161 Å². The zero-order valence-corrected chi connectivity index (χ0v) is 15.6. The van der Waals surface area contributed by atoms with Crippen molar-refractivity contribution in [1.29, 1.82) is 5.26 Å². The molecule has 1 aliphatic heterocycles. The zero-order valence-electron chi connectivity index (χ0n) is 14.0. The SMILES string of the molecule is N#Cc1ccc(OCC2(C(=O)O)CN(S(=O)(=O)c3ccc(Cl)cc3)C2)cc1. The van der Waals surface area contributed by atoms with Gasteiger partial charge in [-0.05, 0) is 48.5 Å². The fraction of sp³-hybridized carbons (Fsp3) is 0.222. The number of halogens is 1. The van der Waals surface area contributed by atoms with Crippen LogP contribution in [0.3, 0.4) is 0 Å². The topological polar surface area (TPSA) is 108 Å². The summed E-state index contributed by atoms with van der Waals surface area (Å²) in [5, 5.41) is 18.8. The molecule has 0 aromatic heterocycles. The van der Waals surface area contributed by atoms with Gasteiger partial charge in [-0.15, -0.1) is 0 Å². The van der Waals surface area contributed by atoms with Crippen molar-refractivity contribution in [2.24, 2.45) is 5.41 Å². The van der Waals surface area contributed by atoms with Crippen molar-refractivity contribution in [3.63, 3.8) is 0 Å². The summed E-state index contributed by atoms with van der Waals surface area (Å²) in [5.74, 6) is -0.715. The second-order valence-corrected chi connectivity index (χ2v) is 8.61. The van der Waals surface area contributed by atoms with Crippen LogP contribution in [0.4, 0.5) is 0 Å². The molecule has 140 valence electrons. The quantitative estimate of drug-likeness (QED) is 0.789. The lowest BCUT2D eigenvalue weighted by molar-refractivity contribution is -0.159. The van der Waals surface area contributed by atoms with E-state index in [4.69, 9.17) is 21.6 Å². The Balaban J connectivity index is 1.70. The first kappa shape index (κ1) is 19.2. The molecule has 0 radical (unpaired) electrons. The van der Waals surface area contributed by atoms with Crippen LogP contribution in [0.2, 0.25) is 5.02 Å². The standard InChI is InChI=1S/C18H15ClN2O5S/c19-14-3-7-16(8-4-14)27(24,25)21-10-18(11-21,17(22)23)12-26-15-5-1-13(9-20)2-6-15/h1-8H,10-12H2,(H,22,23). The lowest BCUT2D eigenvalue weighted by Crippen LogP contribution is -2.64. The van der Waals surface area contributed by atoms with Crippen LogP contribution in [-0.4, -0.2) is 43.5 Å². The first-order valence-electron chi connectivity index (χ1n) is 7.89. The number of sulfonamides is 1. The van der Waals surface area contributed by atoms with Gasteiger partial charge in [0.1, 0.15) is 17.8 Å². The molecule has 7 nitrogen and oxygen atoms in total. The van der Waals surface area contributed by atoms with E-state index in [1.807, 2.05) is 6.07 Å². The smallest absolute Gasteiger partial charge is 0.315 e. The van der Waals surface area contributed by atoms with Crippen molar-refractivity contribution in [1.82, 2.24) is 4.31 Å². The van der Waals surface area contributed by atoms with Crippen molar-refractivity contribution in [3.05, 3.63) is 59.1 Å². The molecular formula is C18H15ClN2O5S. The summed E-state index contributed by atoms with van der Waals surface area (Å²) >= 11 is 5.77. The lowest BCUT2D eigenvalue weighted by atomic mass is 9.83. The van der Waals surface area contributed by atoms with Crippen LogP contribution < -0.4 is 4.74 Å². The minimum absolute atomic E-state index is 0.0545. The van der Waals surface area contributed by atoms with E-state index in [9.17, 15) is 18.3 Å². The molecule has 9 heteroatoms. The van der Waals surface area contributed by atoms with E-state index in [-0.39, 0.29) is 24.6 Å². The largest absolute Gasteiger partial charge is 0.492 e. The Hall–Kier alpha value is -2.60. The third kappa shape index (κ3) is 3.76. The number of carboxylic acid groups (broad SMARTS) is 1. The van der Waals surface area contributed by atoms with Crippen LogP contribution in [0.5, 0.6) is 5.75 Å². The Morgan fingerprint density at radius 2 is 1.78 bits per heavy atom.